The SMILES string of the molecule is CCOC(=O)c1ccc(N(Cc2cccnc2)C(=O)c2ccccc2Cl)cc1. The van der Waals surface area contributed by atoms with E-state index in [1.165, 1.54) is 0 Å². The van der Waals surface area contributed by atoms with Crippen LogP contribution in [0.4, 0.5) is 5.69 Å². The van der Waals surface area contributed by atoms with E-state index in [2.05, 4.69) is 4.98 Å². The number of amides is 1. The Morgan fingerprint density at radius 2 is 1.79 bits per heavy atom. The van der Waals surface area contributed by atoms with Crippen LogP contribution in [0.1, 0.15) is 33.2 Å². The van der Waals surface area contributed by atoms with E-state index in [-0.39, 0.29) is 5.91 Å². The molecule has 1 amide bonds. The average molecular weight is 395 g/mol. The third kappa shape index (κ3) is 4.56. The Bertz CT molecular complexity index is 959. The van der Waals surface area contributed by atoms with Crippen molar-refractivity contribution in [3.05, 3.63) is 94.8 Å². The molecule has 0 radical (unpaired) electrons. The second-order valence-corrected chi connectivity index (χ2v) is 6.41. The van der Waals surface area contributed by atoms with Crippen LogP contribution >= 0.6 is 11.6 Å². The van der Waals surface area contributed by atoms with E-state index in [4.69, 9.17) is 16.3 Å². The van der Waals surface area contributed by atoms with Gasteiger partial charge in [-0.3, -0.25) is 9.78 Å². The van der Waals surface area contributed by atoms with E-state index in [1.807, 2.05) is 12.1 Å². The summed E-state index contributed by atoms with van der Waals surface area (Å²) in [7, 11) is 0. The summed E-state index contributed by atoms with van der Waals surface area (Å²) in [5, 5.41) is 0.381. The van der Waals surface area contributed by atoms with Crippen molar-refractivity contribution in [2.75, 3.05) is 11.5 Å². The molecule has 0 saturated heterocycles. The fourth-order valence-corrected chi connectivity index (χ4v) is 2.94. The van der Waals surface area contributed by atoms with Crippen LogP contribution in [0.25, 0.3) is 0 Å². The molecule has 2 aromatic carbocycles. The maximum absolute atomic E-state index is 13.2. The molecule has 1 aromatic heterocycles. The first-order valence-corrected chi connectivity index (χ1v) is 9.20. The Morgan fingerprint density at radius 3 is 2.43 bits per heavy atom. The Labute approximate surface area is 168 Å². The quantitative estimate of drug-likeness (QED) is 0.565. The van der Waals surface area contributed by atoms with Crippen molar-refractivity contribution in [3.63, 3.8) is 0 Å². The normalized spacial score (nSPS) is 10.4. The molecule has 1 heterocycles. The van der Waals surface area contributed by atoms with Crippen LogP contribution in [0.3, 0.4) is 0 Å². The Morgan fingerprint density at radius 1 is 1.04 bits per heavy atom. The molecular weight excluding hydrogens is 376 g/mol. The van der Waals surface area contributed by atoms with Gasteiger partial charge in [0.1, 0.15) is 0 Å². The van der Waals surface area contributed by atoms with Gasteiger partial charge in [-0.25, -0.2) is 4.79 Å². The van der Waals surface area contributed by atoms with Crippen molar-refractivity contribution >= 4 is 29.2 Å². The molecule has 0 unspecified atom stereocenters. The molecule has 5 nitrogen and oxygen atoms in total. The van der Waals surface area contributed by atoms with E-state index >= 15 is 0 Å². The molecular formula is C22H19ClN2O3. The highest BCUT2D eigenvalue weighted by Crippen LogP contribution is 2.24. The summed E-state index contributed by atoms with van der Waals surface area (Å²) in [5.41, 5.74) is 2.35. The first-order valence-electron chi connectivity index (χ1n) is 8.82. The summed E-state index contributed by atoms with van der Waals surface area (Å²) in [5.74, 6) is -0.636. The number of pyridine rings is 1. The highest BCUT2D eigenvalue weighted by molar-refractivity contribution is 6.34. The molecule has 0 fully saturated rings. The maximum Gasteiger partial charge on any atom is 0.338 e. The lowest BCUT2D eigenvalue weighted by molar-refractivity contribution is 0.0526. The lowest BCUT2D eigenvalue weighted by atomic mass is 10.1. The molecule has 0 atom stereocenters. The van der Waals surface area contributed by atoms with Crippen LogP contribution in [-0.4, -0.2) is 23.5 Å². The summed E-state index contributed by atoms with van der Waals surface area (Å²) in [6, 6.07) is 17.4. The molecule has 0 bridgehead atoms. The maximum atomic E-state index is 13.2. The molecule has 0 saturated carbocycles. The first-order chi connectivity index (χ1) is 13.6. The number of anilines is 1. The summed E-state index contributed by atoms with van der Waals surface area (Å²) in [6.07, 6.45) is 3.39. The topological polar surface area (TPSA) is 59.5 Å². The molecule has 0 spiro atoms. The third-order valence-corrected chi connectivity index (χ3v) is 4.43. The van der Waals surface area contributed by atoms with Crippen molar-refractivity contribution in [2.24, 2.45) is 0 Å². The average Bonchev–Trinajstić information content (AvgIpc) is 2.73. The number of hydrogen-bond acceptors (Lipinski definition) is 4. The largest absolute Gasteiger partial charge is 0.462 e. The highest BCUT2D eigenvalue weighted by atomic mass is 35.5. The number of ether oxygens (including phenoxy) is 1. The predicted octanol–water partition coefficient (Wildman–Crippen LogP) is 4.76. The Balaban J connectivity index is 1.95. The van der Waals surface area contributed by atoms with Gasteiger partial charge in [0.2, 0.25) is 0 Å². The van der Waals surface area contributed by atoms with Gasteiger partial charge in [-0.2, -0.15) is 0 Å². The first kappa shape index (κ1) is 19.6. The predicted molar refractivity (Wildman–Crippen MR) is 109 cm³/mol. The van der Waals surface area contributed by atoms with Gasteiger partial charge in [0.15, 0.2) is 0 Å². The highest BCUT2D eigenvalue weighted by Gasteiger charge is 2.21. The van der Waals surface area contributed by atoms with Crippen molar-refractivity contribution < 1.29 is 14.3 Å². The van der Waals surface area contributed by atoms with E-state index < -0.39 is 5.97 Å². The lowest BCUT2D eigenvalue weighted by Gasteiger charge is -2.23. The van der Waals surface area contributed by atoms with Crippen molar-refractivity contribution in [3.8, 4) is 0 Å². The second-order valence-electron chi connectivity index (χ2n) is 6.00. The van der Waals surface area contributed by atoms with Crippen molar-refractivity contribution in [1.82, 2.24) is 4.98 Å². The van der Waals surface area contributed by atoms with E-state index in [1.54, 1.807) is 72.7 Å². The van der Waals surface area contributed by atoms with Gasteiger partial charge in [-0.15, -0.1) is 0 Å². The molecule has 142 valence electrons. The molecule has 0 aliphatic carbocycles. The van der Waals surface area contributed by atoms with Gasteiger partial charge < -0.3 is 9.64 Å². The number of carbonyl (C=O) groups is 2. The minimum absolute atomic E-state index is 0.238. The molecule has 28 heavy (non-hydrogen) atoms. The number of esters is 1. The fraction of sp³-hybridized carbons (Fsp3) is 0.136. The van der Waals surface area contributed by atoms with Gasteiger partial charge in [0.05, 0.1) is 29.3 Å². The molecule has 3 rings (SSSR count). The number of nitrogens with zero attached hydrogens (tertiary/aromatic N) is 2. The smallest absolute Gasteiger partial charge is 0.338 e. The zero-order valence-electron chi connectivity index (χ0n) is 15.3. The summed E-state index contributed by atoms with van der Waals surface area (Å²) in [4.78, 5) is 30.8. The van der Waals surface area contributed by atoms with Crippen LogP contribution in [0.2, 0.25) is 5.02 Å². The minimum Gasteiger partial charge on any atom is -0.462 e. The van der Waals surface area contributed by atoms with E-state index in [9.17, 15) is 9.59 Å². The fourth-order valence-electron chi connectivity index (χ4n) is 2.73. The van der Waals surface area contributed by atoms with Crippen LogP contribution in [0.5, 0.6) is 0 Å². The van der Waals surface area contributed by atoms with Gasteiger partial charge in [0, 0.05) is 18.1 Å². The standard InChI is InChI=1S/C22H19ClN2O3/c1-2-28-22(27)17-9-11-18(12-10-17)25(15-16-6-5-13-24-14-16)21(26)19-7-3-4-8-20(19)23/h3-14H,2,15H2,1H3. The zero-order valence-corrected chi connectivity index (χ0v) is 16.1. The van der Waals surface area contributed by atoms with Crippen molar-refractivity contribution in [1.29, 1.82) is 0 Å². The van der Waals surface area contributed by atoms with Gasteiger partial charge in [-0.1, -0.05) is 29.8 Å². The van der Waals surface area contributed by atoms with Gasteiger partial charge in [0.25, 0.3) is 5.91 Å². The van der Waals surface area contributed by atoms with Crippen LogP contribution in [0.15, 0.2) is 73.1 Å². The van der Waals surface area contributed by atoms with Crippen LogP contribution < -0.4 is 4.90 Å². The number of benzene rings is 2. The third-order valence-electron chi connectivity index (χ3n) is 4.10. The monoisotopic (exact) mass is 394 g/mol. The second kappa shape index (κ2) is 9.15. The van der Waals surface area contributed by atoms with E-state index in [0.717, 1.165) is 5.56 Å². The number of hydrogen-bond donors (Lipinski definition) is 0. The summed E-state index contributed by atoms with van der Waals surface area (Å²) in [6.45, 7) is 2.37. The zero-order chi connectivity index (χ0) is 19.9. The van der Waals surface area contributed by atoms with Crippen LogP contribution in [0, 0.1) is 0 Å². The molecule has 0 aliphatic heterocycles. The Kier molecular flexibility index (Phi) is 6.40. The molecule has 6 heteroatoms. The molecule has 0 aliphatic rings. The lowest BCUT2D eigenvalue weighted by Crippen LogP contribution is -2.30. The van der Waals surface area contributed by atoms with Gasteiger partial charge in [-0.05, 0) is 55.0 Å². The molecule has 0 N–H and O–H groups in total. The number of carbonyl (C=O) groups excluding carboxylic acids is 2. The Hall–Kier alpha value is -3.18. The summed E-state index contributed by atoms with van der Waals surface area (Å²) >= 11 is 6.23. The van der Waals surface area contributed by atoms with Crippen LogP contribution in [-0.2, 0) is 11.3 Å². The summed E-state index contributed by atoms with van der Waals surface area (Å²) < 4.78 is 5.01. The van der Waals surface area contributed by atoms with Crippen molar-refractivity contribution in [2.45, 2.75) is 13.5 Å². The minimum atomic E-state index is -0.398. The van der Waals surface area contributed by atoms with Gasteiger partial charge >= 0.3 is 5.97 Å². The number of rotatable bonds is 6. The molecule has 3 aromatic rings. The number of halogens is 1. The van der Waals surface area contributed by atoms with E-state index in [0.29, 0.717) is 35.0 Å². The number of aromatic nitrogens is 1.